The highest BCUT2D eigenvalue weighted by atomic mass is 35.5. The molecule has 5 N–H and O–H groups in total. The van der Waals surface area contributed by atoms with Gasteiger partial charge in [0.25, 0.3) is 15.6 Å². The first-order valence-electron chi connectivity index (χ1n) is 9.88. The molecule has 13 heteroatoms. The lowest BCUT2D eigenvalue weighted by Gasteiger charge is -2.14. The summed E-state index contributed by atoms with van der Waals surface area (Å²) < 4.78 is 28.8. The smallest absolute Gasteiger partial charge is 0.275 e. The van der Waals surface area contributed by atoms with E-state index in [0.717, 1.165) is 5.56 Å². The number of carbonyl (C=O) groups excluding carboxylic acids is 1. The summed E-state index contributed by atoms with van der Waals surface area (Å²) in [5, 5.41) is 2.61. The normalized spacial score (nSPS) is 11.4. The number of sulfonamides is 1. The molecule has 0 unspecified atom stereocenters. The summed E-state index contributed by atoms with van der Waals surface area (Å²) in [7, 11) is -3.96. The van der Waals surface area contributed by atoms with Gasteiger partial charge in [-0.3, -0.25) is 24.1 Å². The van der Waals surface area contributed by atoms with Crippen LogP contribution in [0.1, 0.15) is 18.2 Å². The van der Waals surface area contributed by atoms with Crippen molar-refractivity contribution in [2.24, 2.45) is 10.7 Å². The van der Waals surface area contributed by atoms with Crippen molar-refractivity contribution in [2.45, 2.75) is 32.2 Å². The van der Waals surface area contributed by atoms with Crippen LogP contribution in [0.15, 0.2) is 51.1 Å². The fourth-order valence-electron chi connectivity index (χ4n) is 2.70. The molecular weight excluding hydrogens is 472 g/mol. The lowest BCUT2D eigenvalue weighted by molar-refractivity contribution is -0.122. The van der Waals surface area contributed by atoms with E-state index in [9.17, 15) is 18.0 Å². The summed E-state index contributed by atoms with van der Waals surface area (Å²) in [6.07, 6.45) is 0. The van der Waals surface area contributed by atoms with Gasteiger partial charge in [0.05, 0.1) is 11.5 Å². The topological polar surface area (TPSA) is 157 Å². The Kier molecular flexibility index (Phi) is 10.9. The Hall–Kier alpha value is -3.09. The van der Waals surface area contributed by atoms with Gasteiger partial charge in [-0.25, -0.2) is 13.9 Å². The number of amides is 1. The average Bonchev–Trinajstić information content (AvgIpc) is 2.73. The van der Waals surface area contributed by atoms with Gasteiger partial charge in [0, 0.05) is 18.8 Å². The number of hydrogen-bond donors (Lipinski definition) is 4. The van der Waals surface area contributed by atoms with Crippen molar-refractivity contribution in [3.63, 3.8) is 0 Å². The number of nitrogens with one attached hydrogen (secondary N) is 3. The second-order valence-electron chi connectivity index (χ2n) is 6.86. The van der Waals surface area contributed by atoms with Crippen LogP contribution in [0.25, 0.3) is 0 Å². The summed E-state index contributed by atoms with van der Waals surface area (Å²) in [4.78, 5) is 34.0. The SMILES string of the molecule is CCN=C(N)NOCCNC(=O)Cn1c(C)ccc(NS(=O)(=O)c2cccc(C)c2)c1=O.Cl. The van der Waals surface area contributed by atoms with Crippen molar-refractivity contribution < 1.29 is 18.0 Å². The monoisotopic (exact) mass is 500 g/mol. The maximum atomic E-state index is 12.8. The van der Waals surface area contributed by atoms with Gasteiger partial charge in [-0.05, 0) is 50.6 Å². The quantitative estimate of drug-likeness (QED) is 0.161. The number of hydrogen-bond acceptors (Lipinski definition) is 6. The predicted octanol–water partition coefficient (Wildman–Crippen LogP) is 0.660. The highest BCUT2D eigenvalue weighted by molar-refractivity contribution is 7.92. The van der Waals surface area contributed by atoms with Gasteiger partial charge >= 0.3 is 0 Å². The van der Waals surface area contributed by atoms with Gasteiger partial charge < -0.3 is 15.6 Å². The van der Waals surface area contributed by atoms with E-state index in [1.165, 1.54) is 22.8 Å². The van der Waals surface area contributed by atoms with Crippen LogP contribution in [0.2, 0.25) is 0 Å². The van der Waals surface area contributed by atoms with Crippen LogP contribution in [0.5, 0.6) is 0 Å². The van der Waals surface area contributed by atoms with E-state index in [-0.39, 0.29) is 48.6 Å². The summed E-state index contributed by atoms with van der Waals surface area (Å²) in [6.45, 7) is 5.75. The number of nitrogens with zero attached hydrogens (tertiary/aromatic N) is 2. The fraction of sp³-hybridized carbons (Fsp3) is 0.350. The van der Waals surface area contributed by atoms with Crippen molar-refractivity contribution in [1.82, 2.24) is 15.4 Å². The minimum Gasteiger partial charge on any atom is -0.368 e. The lowest BCUT2D eigenvalue weighted by atomic mass is 10.2. The summed E-state index contributed by atoms with van der Waals surface area (Å²) in [6, 6.07) is 9.26. The highest BCUT2D eigenvalue weighted by Crippen LogP contribution is 2.15. The molecule has 0 saturated heterocycles. The maximum Gasteiger partial charge on any atom is 0.275 e. The van der Waals surface area contributed by atoms with E-state index in [4.69, 9.17) is 10.6 Å². The van der Waals surface area contributed by atoms with Crippen LogP contribution in [0, 0.1) is 13.8 Å². The molecule has 11 nitrogen and oxygen atoms in total. The zero-order chi connectivity index (χ0) is 23.7. The average molecular weight is 501 g/mol. The Bertz CT molecular complexity index is 1150. The molecule has 1 aromatic heterocycles. The summed E-state index contributed by atoms with van der Waals surface area (Å²) >= 11 is 0. The summed E-state index contributed by atoms with van der Waals surface area (Å²) in [5.74, 6) is -0.307. The lowest BCUT2D eigenvalue weighted by Crippen LogP contribution is -2.38. The molecule has 1 aromatic carbocycles. The van der Waals surface area contributed by atoms with E-state index < -0.39 is 21.5 Å². The molecule has 0 aliphatic heterocycles. The first-order chi connectivity index (χ1) is 15.1. The highest BCUT2D eigenvalue weighted by Gasteiger charge is 2.18. The fourth-order valence-corrected chi connectivity index (χ4v) is 3.86. The molecule has 2 aromatic rings. The van der Waals surface area contributed by atoms with Crippen LogP contribution in [0.4, 0.5) is 5.69 Å². The zero-order valence-corrected chi connectivity index (χ0v) is 20.3. The molecule has 0 aliphatic carbocycles. The number of aryl methyl sites for hydroxylation is 2. The summed E-state index contributed by atoms with van der Waals surface area (Å²) in [5.41, 5.74) is 8.43. The largest absolute Gasteiger partial charge is 0.368 e. The van der Waals surface area contributed by atoms with Crippen LogP contribution < -0.4 is 26.8 Å². The van der Waals surface area contributed by atoms with Gasteiger partial charge in [0.15, 0.2) is 0 Å². The van der Waals surface area contributed by atoms with Crippen LogP contribution in [-0.4, -0.2) is 44.5 Å². The van der Waals surface area contributed by atoms with Crippen LogP contribution in [0.3, 0.4) is 0 Å². The number of pyridine rings is 1. The first kappa shape index (κ1) is 27.9. The standard InChI is InChI=1S/C20H28N6O5S.ClH/c1-4-22-20(21)24-31-11-10-23-18(27)13-26-15(3)8-9-17(19(26)28)25-32(29,30)16-7-5-6-14(2)12-16;/h5-9,12,25H,4,10-11,13H2,1-3H3,(H,23,27)(H3,21,22,24);1H. The molecule has 0 fully saturated rings. The Morgan fingerprint density at radius 3 is 2.61 bits per heavy atom. The number of halogens is 1. The van der Waals surface area contributed by atoms with E-state index in [1.54, 1.807) is 32.0 Å². The number of hydroxylamine groups is 1. The Morgan fingerprint density at radius 2 is 1.94 bits per heavy atom. The van der Waals surface area contributed by atoms with Crippen molar-refractivity contribution in [3.8, 4) is 0 Å². The number of nitrogens with two attached hydrogens (primary N) is 1. The molecular formula is C20H29ClN6O5S. The van der Waals surface area contributed by atoms with Gasteiger partial charge in [0.2, 0.25) is 11.9 Å². The molecule has 0 radical (unpaired) electrons. The molecule has 0 atom stereocenters. The minimum atomic E-state index is -3.96. The van der Waals surface area contributed by atoms with Gasteiger partial charge in [-0.1, -0.05) is 12.1 Å². The number of carbonyl (C=O) groups is 1. The molecule has 33 heavy (non-hydrogen) atoms. The molecule has 182 valence electrons. The molecule has 0 spiro atoms. The van der Waals surface area contributed by atoms with Crippen molar-refractivity contribution in [3.05, 3.63) is 58.0 Å². The third-order valence-corrected chi connectivity index (χ3v) is 5.63. The Morgan fingerprint density at radius 1 is 1.21 bits per heavy atom. The third-order valence-electron chi connectivity index (χ3n) is 4.27. The molecule has 0 saturated carbocycles. The Balaban J connectivity index is 0.00000544. The molecule has 0 bridgehead atoms. The second kappa shape index (κ2) is 12.8. The molecule has 1 amide bonds. The van der Waals surface area contributed by atoms with Crippen molar-refractivity contribution >= 4 is 40.0 Å². The molecule has 2 rings (SSSR count). The maximum absolute atomic E-state index is 12.8. The minimum absolute atomic E-state index is 0. The van der Waals surface area contributed by atoms with Gasteiger partial charge in [0.1, 0.15) is 12.2 Å². The Labute approximate surface area is 198 Å². The zero-order valence-electron chi connectivity index (χ0n) is 18.6. The predicted molar refractivity (Wildman–Crippen MR) is 129 cm³/mol. The van der Waals surface area contributed by atoms with Gasteiger partial charge in [-0.15, -0.1) is 12.4 Å². The van der Waals surface area contributed by atoms with E-state index in [1.807, 2.05) is 6.92 Å². The van der Waals surface area contributed by atoms with Crippen LogP contribution >= 0.6 is 12.4 Å². The number of guanidine groups is 1. The van der Waals surface area contributed by atoms with Crippen molar-refractivity contribution in [1.29, 1.82) is 0 Å². The van der Waals surface area contributed by atoms with Gasteiger partial charge in [-0.2, -0.15) is 0 Å². The number of anilines is 1. The second-order valence-corrected chi connectivity index (χ2v) is 8.54. The van der Waals surface area contributed by atoms with E-state index in [0.29, 0.717) is 12.2 Å². The van der Waals surface area contributed by atoms with Crippen LogP contribution in [-0.2, 0) is 26.2 Å². The number of benzene rings is 1. The molecule has 0 aliphatic rings. The van der Waals surface area contributed by atoms with E-state index >= 15 is 0 Å². The molecule has 1 heterocycles. The third kappa shape index (κ3) is 8.40. The first-order valence-corrected chi connectivity index (χ1v) is 11.4. The number of rotatable bonds is 10. The van der Waals surface area contributed by atoms with Crippen molar-refractivity contribution in [2.75, 3.05) is 24.4 Å². The number of aromatic nitrogens is 1. The number of aliphatic imine (C=N–C) groups is 1. The van der Waals surface area contributed by atoms with E-state index in [2.05, 4.69) is 20.5 Å².